The van der Waals surface area contributed by atoms with Gasteiger partial charge < -0.3 is 5.73 Å². The van der Waals surface area contributed by atoms with Crippen LogP contribution < -0.4 is 5.73 Å². The second-order valence-electron chi connectivity index (χ2n) is 4.82. The highest BCUT2D eigenvalue weighted by Crippen LogP contribution is 2.23. The van der Waals surface area contributed by atoms with Crippen molar-refractivity contribution in [1.29, 1.82) is 0 Å². The summed E-state index contributed by atoms with van der Waals surface area (Å²) in [6, 6.07) is 6.95. The van der Waals surface area contributed by atoms with Crippen LogP contribution in [0.1, 0.15) is 17.0 Å². The van der Waals surface area contributed by atoms with Gasteiger partial charge in [-0.3, -0.25) is 4.90 Å². The van der Waals surface area contributed by atoms with Gasteiger partial charge in [-0.15, -0.1) is 23.7 Å². The Morgan fingerprint density at radius 2 is 2.33 bits per heavy atom. The summed E-state index contributed by atoms with van der Waals surface area (Å²) in [5.74, 6) is 0. The third-order valence-electron chi connectivity index (χ3n) is 3.27. The van der Waals surface area contributed by atoms with Crippen LogP contribution in [0.4, 0.5) is 0 Å². The predicted octanol–water partition coefficient (Wildman–Crippen LogP) is 2.56. The minimum atomic E-state index is 0. The molecule has 5 heteroatoms. The topological polar surface area (TPSA) is 42.2 Å². The highest BCUT2D eigenvalue weighted by molar-refractivity contribution is 7.18. The van der Waals surface area contributed by atoms with Crippen molar-refractivity contribution in [2.45, 2.75) is 25.9 Å². The fourth-order valence-corrected chi connectivity index (χ4v) is 3.34. The average molecular weight is 284 g/mol. The number of halogens is 1. The lowest BCUT2D eigenvalue weighted by molar-refractivity contribution is 0.327. The van der Waals surface area contributed by atoms with Gasteiger partial charge in [0.15, 0.2) is 0 Å². The van der Waals surface area contributed by atoms with Crippen molar-refractivity contribution in [3.8, 4) is 0 Å². The van der Waals surface area contributed by atoms with E-state index in [1.807, 2.05) is 0 Å². The summed E-state index contributed by atoms with van der Waals surface area (Å²) in [7, 11) is 0. The van der Waals surface area contributed by atoms with Crippen LogP contribution in [-0.2, 0) is 6.54 Å². The first kappa shape index (κ1) is 13.7. The molecule has 2 aromatic rings. The number of fused-ring (bicyclic) bond motifs is 1. The predicted molar refractivity (Wildman–Crippen MR) is 79.5 cm³/mol. The Morgan fingerprint density at radius 1 is 1.50 bits per heavy atom. The van der Waals surface area contributed by atoms with E-state index < -0.39 is 0 Å². The van der Waals surface area contributed by atoms with Crippen molar-refractivity contribution in [3.63, 3.8) is 0 Å². The molecular formula is C13H18ClN3S. The zero-order valence-corrected chi connectivity index (χ0v) is 12.1. The fraction of sp³-hybridized carbons (Fsp3) is 0.462. The number of aryl methyl sites for hydroxylation is 1. The molecule has 98 valence electrons. The van der Waals surface area contributed by atoms with Gasteiger partial charge >= 0.3 is 0 Å². The van der Waals surface area contributed by atoms with E-state index in [2.05, 4.69) is 35.0 Å². The Bertz CT molecular complexity index is 540. The summed E-state index contributed by atoms with van der Waals surface area (Å²) in [4.78, 5) is 6.91. The second-order valence-corrected chi connectivity index (χ2v) is 6.05. The van der Waals surface area contributed by atoms with Crippen LogP contribution in [0.15, 0.2) is 18.2 Å². The van der Waals surface area contributed by atoms with Crippen molar-refractivity contribution in [2.75, 3.05) is 13.1 Å². The van der Waals surface area contributed by atoms with Gasteiger partial charge in [0.1, 0.15) is 0 Å². The van der Waals surface area contributed by atoms with Gasteiger partial charge in [-0.05, 0) is 31.0 Å². The third-order valence-corrected chi connectivity index (χ3v) is 4.21. The number of hydrogen-bond acceptors (Lipinski definition) is 4. The van der Waals surface area contributed by atoms with Crippen molar-refractivity contribution in [2.24, 2.45) is 5.73 Å². The highest BCUT2D eigenvalue weighted by Gasteiger charge is 2.18. The summed E-state index contributed by atoms with van der Waals surface area (Å²) in [5, 5.41) is 1.14. The molecule has 0 bridgehead atoms. The van der Waals surface area contributed by atoms with E-state index in [1.165, 1.54) is 10.3 Å². The molecule has 3 nitrogen and oxygen atoms in total. The number of rotatable bonds is 2. The summed E-state index contributed by atoms with van der Waals surface area (Å²) in [5.41, 5.74) is 8.41. The molecule has 2 heterocycles. The Kier molecular flexibility index (Phi) is 4.22. The van der Waals surface area contributed by atoms with Gasteiger partial charge in [0, 0.05) is 25.7 Å². The molecular weight excluding hydrogens is 266 g/mol. The second kappa shape index (κ2) is 5.53. The third kappa shape index (κ3) is 2.83. The largest absolute Gasteiger partial charge is 0.326 e. The van der Waals surface area contributed by atoms with Gasteiger partial charge in [0.2, 0.25) is 0 Å². The average Bonchev–Trinajstić information content (AvgIpc) is 2.83. The van der Waals surface area contributed by atoms with Gasteiger partial charge in [0.25, 0.3) is 0 Å². The van der Waals surface area contributed by atoms with Crippen LogP contribution in [0.2, 0.25) is 0 Å². The number of nitrogens with two attached hydrogens (primary N) is 1. The Balaban J connectivity index is 0.00000120. The molecule has 0 amide bonds. The van der Waals surface area contributed by atoms with Crippen LogP contribution in [-0.4, -0.2) is 29.0 Å². The maximum Gasteiger partial charge on any atom is 0.0907 e. The number of hydrogen-bond donors (Lipinski definition) is 1. The van der Waals surface area contributed by atoms with Crippen molar-refractivity contribution >= 4 is 34.0 Å². The quantitative estimate of drug-likeness (QED) is 0.921. The van der Waals surface area contributed by atoms with E-state index in [-0.39, 0.29) is 12.4 Å². The van der Waals surface area contributed by atoms with E-state index >= 15 is 0 Å². The summed E-state index contributed by atoms with van der Waals surface area (Å²) in [6.07, 6.45) is 1.13. The van der Waals surface area contributed by atoms with E-state index in [0.29, 0.717) is 6.04 Å². The highest BCUT2D eigenvalue weighted by atomic mass is 35.5. The molecule has 18 heavy (non-hydrogen) atoms. The van der Waals surface area contributed by atoms with Crippen LogP contribution in [0.5, 0.6) is 0 Å². The van der Waals surface area contributed by atoms with Crippen LogP contribution in [0.3, 0.4) is 0 Å². The van der Waals surface area contributed by atoms with Gasteiger partial charge in [-0.25, -0.2) is 4.98 Å². The smallest absolute Gasteiger partial charge is 0.0907 e. The molecule has 1 aliphatic heterocycles. The molecule has 1 aromatic heterocycles. The maximum absolute atomic E-state index is 5.92. The van der Waals surface area contributed by atoms with Gasteiger partial charge in [-0.2, -0.15) is 0 Å². The minimum absolute atomic E-state index is 0. The molecule has 0 radical (unpaired) electrons. The molecule has 2 N–H and O–H groups in total. The molecule has 0 spiro atoms. The van der Waals surface area contributed by atoms with Crippen LogP contribution >= 0.6 is 23.7 Å². The fourth-order valence-electron chi connectivity index (χ4n) is 2.45. The number of thiazole rings is 1. The van der Waals surface area contributed by atoms with Crippen molar-refractivity contribution in [3.05, 3.63) is 28.8 Å². The summed E-state index contributed by atoms with van der Waals surface area (Å²) < 4.78 is 1.29. The van der Waals surface area contributed by atoms with E-state index in [0.717, 1.165) is 36.6 Å². The van der Waals surface area contributed by atoms with E-state index in [1.54, 1.807) is 11.3 Å². The molecule has 1 saturated heterocycles. The Hall–Kier alpha value is -0.680. The van der Waals surface area contributed by atoms with E-state index in [9.17, 15) is 0 Å². The normalized spacial score (nSPS) is 20.2. The molecule has 1 aliphatic rings. The lowest BCUT2D eigenvalue weighted by Gasteiger charge is -2.14. The molecule has 0 saturated carbocycles. The number of benzene rings is 1. The number of likely N-dealkylation sites (tertiary alicyclic amines) is 1. The monoisotopic (exact) mass is 283 g/mol. The van der Waals surface area contributed by atoms with Crippen LogP contribution in [0.25, 0.3) is 10.2 Å². The SMILES string of the molecule is Cc1nc2ccc(CN3CC[C@@H](N)C3)cc2s1.Cl. The molecule has 0 unspecified atom stereocenters. The lowest BCUT2D eigenvalue weighted by Crippen LogP contribution is -2.26. The minimum Gasteiger partial charge on any atom is -0.326 e. The molecule has 1 fully saturated rings. The van der Waals surface area contributed by atoms with E-state index in [4.69, 9.17) is 5.73 Å². The molecule has 1 atom stereocenters. The van der Waals surface area contributed by atoms with Crippen LogP contribution in [0, 0.1) is 6.92 Å². The zero-order valence-electron chi connectivity index (χ0n) is 10.4. The zero-order chi connectivity index (χ0) is 11.8. The molecule has 3 rings (SSSR count). The standard InChI is InChI=1S/C13H17N3S.ClH/c1-9-15-12-3-2-10(6-13(12)17-9)7-16-5-4-11(14)8-16;/h2-3,6,11H,4-5,7-8,14H2,1H3;1H/t11-;/m1./s1. The summed E-state index contributed by atoms with van der Waals surface area (Å²) in [6.45, 7) is 5.23. The lowest BCUT2D eigenvalue weighted by atomic mass is 10.2. The van der Waals surface area contributed by atoms with Crippen molar-refractivity contribution in [1.82, 2.24) is 9.88 Å². The van der Waals surface area contributed by atoms with Crippen molar-refractivity contribution < 1.29 is 0 Å². The van der Waals surface area contributed by atoms with Gasteiger partial charge in [-0.1, -0.05) is 6.07 Å². The Labute approximate surface area is 117 Å². The maximum atomic E-state index is 5.92. The molecule has 0 aliphatic carbocycles. The van der Waals surface area contributed by atoms with Gasteiger partial charge in [0.05, 0.1) is 15.2 Å². The first-order valence-corrected chi connectivity index (χ1v) is 6.86. The summed E-state index contributed by atoms with van der Waals surface area (Å²) >= 11 is 1.77. The first-order valence-electron chi connectivity index (χ1n) is 6.05. The molecule has 1 aromatic carbocycles. The number of aromatic nitrogens is 1. The first-order chi connectivity index (χ1) is 8.20. The Morgan fingerprint density at radius 3 is 3.06 bits per heavy atom. The number of nitrogens with zero attached hydrogens (tertiary/aromatic N) is 2.